The first-order chi connectivity index (χ1) is 13.9. The highest BCUT2D eigenvalue weighted by atomic mass is 16.5. The van der Waals surface area contributed by atoms with Crippen molar-refractivity contribution in [1.82, 2.24) is 10.2 Å². The Balaban J connectivity index is 1.74. The monoisotopic (exact) mass is 392 g/mol. The maximum atomic E-state index is 12.7. The van der Waals surface area contributed by atoms with Gasteiger partial charge in [-0.2, -0.15) is 0 Å². The van der Waals surface area contributed by atoms with Crippen LogP contribution in [0.1, 0.15) is 43.6 Å². The van der Waals surface area contributed by atoms with Gasteiger partial charge in [-0.25, -0.2) is 4.79 Å². The predicted molar refractivity (Wildman–Crippen MR) is 105 cm³/mol. The minimum atomic E-state index is -1.01. The van der Waals surface area contributed by atoms with E-state index in [4.69, 9.17) is 4.74 Å². The summed E-state index contributed by atoms with van der Waals surface area (Å²) >= 11 is 0. The van der Waals surface area contributed by atoms with Crippen LogP contribution in [0.3, 0.4) is 0 Å². The molecule has 2 aromatic carbocycles. The highest BCUT2D eigenvalue weighted by molar-refractivity contribution is 6.21. The van der Waals surface area contributed by atoms with Gasteiger partial charge in [0.25, 0.3) is 17.7 Å². The lowest BCUT2D eigenvalue weighted by Crippen LogP contribution is -2.35. The summed E-state index contributed by atoms with van der Waals surface area (Å²) in [5.41, 5.74) is 1.29. The summed E-state index contributed by atoms with van der Waals surface area (Å²) in [4.78, 5) is 50.6. The van der Waals surface area contributed by atoms with Crippen LogP contribution in [-0.2, 0) is 16.1 Å². The number of ether oxygens (including phenoxy) is 1. The number of amides is 3. The van der Waals surface area contributed by atoms with Crippen molar-refractivity contribution >= 4 is 23.7 Å². The van der Waals surface area contributed by atoms with E-state index in [0.29, 0.717) is 0 Å². The normalized spacial score (nSPS) is 13.6. The van der Waals surface area contributed by atoms with Crippen LogP contribution in [0.5, 0.6) is 0 Å². The van der Waals surface area contributed by atoms with E-state index in [9.17, 15) is 19.2 Å². The topological polar surface area (TPSA) is 92.8 Å². The molecule has 0 unspecified atom stereocenters. The van der Waals surface area contributed by atoms with Crippen LogP contribution in [0.4, 0.5) is 0 Å². The second-order valence-corrected chi connectivity index (χ2v) is 6.52. The number of hydrogen-bond donors (Lipinski definition) is 1. The molecular formula is C22H20N2O5. The van der Waals surface area contributed by atoms with Gasteiger partial charge in [-0.15, -0.1) is 6.58 Å². The molecule has 3 amide bonds. The second-order valence-electron chi connectivity index (χ2n) is 6.52. The quantitative estimate of drug-likeness (QED) is 0.444. The van der Waals surface area contributed by atoms with E-state index in [1.807, 2.05) is 30.3 Å². The van der Waals surface area contributed by atoms with Gasteiger partial charge in [0.05, 0.1) is 23.2 Å². The van der Waals surface area contributed by atoms with Crippen LogP contribution in [-0.4, -0.2) is 41.2 Å². The second kappa shape index (κ2) is 8.52. The highest BCUT2D eigenvalue weighted by Crippen LogP contribution is 2.26. The number of esters is 1. The number of benzene rings is 2. The van der Waals surface area contributed by atoms with E-state index in [-0.39, 0.29) is 29.8 Å². The summed E-state index contributed by atoms with van der Waals surface area (Å²) in [7, 11) is 0. The molecule has 1 aliphatic heterocycles. The number of carbonyl (C=O) groups is 4. The Labute approximate surface area is 168 Å². The van der Waals surface area contributed by atoms with E-state index in [2.05, 4.69) is 11.9 Å². The zero-order valence-electron chi connectivity index (χ0n) is 15.9. The lowest BCUT2D eigenvalue weighted by atomic mass is 10.1. The molecule has 0 spiro atoms. The lowest BCUT2D eigenvalue weighted by molar-refractivity contribution is -0.128. The molecule has 7 heteroatoms. The van der Waals surface area contributed by atoms with Crippen molar-refractivity contribution in [3.63, 3.8) is 0 Å². The number of rotatable bonds is 7. The average molecular weight is 392 g/mol. The molecule has 1 atom stereocenters. The minimum Gasteiger partial charge on any atom is -0.449 e. The van der Waals surface area contributed by atoms with Gasteiger partial charge in [0.2, 0.25) is 0 Å². The average Bonchev–Trinajstić information content (AvgIpc) is 2.97. The molecule has 148 valence electrons. The van der Waals surface area contributed by atoms with Crippen LogP contribution in [0, 0.1) is 0 Å². The molecule has 7 nitrogen and oxygen atoms in total. The maximum absolute atomic E-state index is 12.7. The number of carbonyl (C=O) groups excluding carboxylic acids is 4. The van der Waals surface area contributed by atoms with E-state index < -0.39 is 29.8 Å². The third-order valence-electron chi connectivity index (χ3n) is 4.46. The van der Waals surface area contributed by atoms with Crippen LogP contribution in [0.2, 0.25) is 0 Å². The van der Waals surface area contributed by atoms with Crippen molar-refractivity contribution in [1.29, 1.82) is 0 Å². The van der Waals surface area contributed by atoms with Crippen LogP contribution < -0.4 is 5.32 Å². The third-order valence-corrected chi connectivity index (χ3v) is 4.46. The Morgan fingerprint density at radius 1 is 1.10 bits per heavy atom. The molecule has 29 heavy (non-hydrogen) atoms. The van der Waals surface area contributed by atoms with E-state index in [1.54, 1.807) is 0 Å². The van der Waals surface area contributed by atoms with Crippen molar-refractivity contribution in [2.24, 2.45) is 0 Å². The number of imide groups is 1. The fourth-order valence-electron chi connectivity index (χ4n) is 2.93. The van der Waals surface area contributed by atoms with Gasteiger partial charge in [-0.05, 0) is 30.7 Å². The SMILES string of the molecule is C=CCNC(=O)[C@@H](C)OC(=O)c1ccc2c(c1)C(=O)N(Cc1ccccc1)C2=O. The predicted octanol–water partition coefficient (Wildman–Crippen LogP) is 2.33. The number of nitrogens with one attached hydrogen (secondary N) is 1. The van der Waals surface area contributed by atoms with E-state index in [1.165, 1.54) is 31.2 Å². The molecule has 0 aromatic heterocycles. The molecule has 1 aliphatic rings. The van der Waals surface area contributed by atoms with Gasteiger partial charge in [0, 0.05) is 6.54 Å². The molecule has 0 fully saturated rings. The first-order valence-electron chi connectivity index (χ1n) is 9.06. The number of hydrogen-bond acceptors (Lipinski definition) is 5. The molecule has 0 radical (unpaired) electrons. The van der Waals surface area contributed by atoms with Crippen molar-refractivity contribution in [2.75, 3.05) is 6.54 Å². The standard InChI is InChI=1S/C22H20N2O5/c1-3-11-23-19(25)14(2)29-22(28)16-9-10-17-18(12-16)21(27)24(20(17)26)13-15-7-5-4-6-8-15/h3-10,12,14H,1,11,13H2,2H3,(H,23,25)/t14-/m1/s1. The fourth-order valence-corrected chi connectivity index (χ4v) is 2.93. The molecule has 0 saturated carbocycles. The molecular weight excluding hydrogens is 372 g/mol. The highest BCUT2D eigenvalue weighted by Gasteiger charge is 2.36. The molecule has 1 heterocycles. The summed E-state index contributed by atoms with van der Waals surface area (Å²) < 4.78 is 5.14. The van der Waals surface area contributed by atoms with Gasteiger partial charge in [0.15, 0.2) is 6.10 Å². The summed E-state index contributed by atoms with van der Waals surface area (Å²) in [6, 6.07) is 13.3. The van der Waals surface area contributed by atoms with Gasteiger partial charge in [-0.3, -0.25) is 19.3 Å². The third kappa shape index (κ3) is 4.24. The minimum absolute atomic E-state index is 0.0924. The molecule has 2 aromatic rings. The summed E-state index contributed by atoms with van der Waals surface area (Å²) in [6.45, 7) is 5.34. The number of nitrogens with zero attached hydrogens (tertiary/aromatic N) is 1. The van der Waals surface area contributed by atoms with Crippen molar-refractivity contribution in [2.45, 2.75) is 19.6 Å². The Bertz CT molecular complexity index is 984. The molecule has 3 rings (SSSR count). The van der Waals surface area contributed by atoms with Crippen LogP contribution in [0.15, 0.2) is 61.2 Å². The molecule has 0 saturated heterocycles. The first-order valence-corrected chi connectivity index (χ1v) is 9.06. The Hall–Kier alpha value is -3.74. The fraction of sp³-hybridized carbons (Fsp3) is 0.182. The van der Waals surface area contributed by atoms with Crippen LogP contribution >= 0.6 is 0 Å². The molecule has 1 N–H and O–H groups in total. The lowest BCUT2D eigenvalue weighted by Gasteiger charge is -2.13. The summed E-state index contributed by atoms with van der Waals surface area (Å²) in [5, 5.41) is 2.53. The first kappa shape index (κ1) is 20.0. The van der Waals surface area contributed by atoms with Gasteiger partial charge in [0.1, 0.15) is 0 Å². The zero-order valence-corrected chi connectivity index (χ0v) is 15.9. The zero-order chi connectivity index (χ0) is 21.0. The Kier molecular flexibility index (Phi) is 5.87. The van der Waals surface area contributed by atoms with Crippen molar-refractivity contribution in [3.8, 4) is 0 Å². The van der Waals surface area contributed by atoms with Crippen molar-refractivity contribution in [3.05, 3.63) is 83.4 Å². The Morgan fingerprint density at radius 3 is 2.48 bits per heavy atom. The molecule has 0 bridgehead atoms. The summed E-state index contributed by atoms with van der Waals surface area (Å²) in [6.07, 6.45) is 0.499. The smallest absolute Gasteiger partial charge is 0.338 e. The maximum Gasteiger partial charge on any atom is 0.338 e. The van der Waals surface area contributed by atoms with E-state index in [0.717, 1.165) is 10.5 Å². The van der Waals surface area contributed by atoms with Gasteiger partial charge < -0.3 is 10.1 Å². The Morgan fingerprint density at radius 2 is 1.79 bits per heavy atom. The molecule has 0 aliphatic carbocycles. The van der Waals surface area contributed by atoms with E-state index >= 15 is 0 Å². The van der Waals surface area contributed by atoms with Gasteiger partial charge in [-0.1, -0.05) is 36.4 Å². The largest absolute Gasteiger partial charge is 0.449 e. The van der Waals surface area contributed by atoms with Crippen molar-refractivity contribution < 1.29 is 23.9 Å². The summed E-state index contributed by atoms with van der Waals surface area (Å²) in [5.74, 6) is -2.10. The van der Waals surface area contributed by atoms with Gasteiger partial charge >= 0.3 is 5.97 Å². The van der Waals surface area contributed by atoms with Crippen LogP contribution in [0.25, 0.3) is 0 Å². The number of fused-ring (bicyclic) bond motifs is 1.